The number of carbonyl (C=O) groups is 1. The molecular formula is C23H26N4O. The van der Waals surface area contributed by atoms with E-state index in [0.717, 1.165) is 49.6 Å². The van der Waals surface area contributed by atoms with Crippen LogP contribution in [0.3, 0.4) is 0 Å². The normalized spacial score (nSPS) is 15.6. The van der Waals surface area contributed by atoms with Gasteiger partial charge in [0.2, 0.25) is 0 Å². The predicted molar refractivity (Wildman–Crippen MR) is 112 cm³/mol. The van der Waals surface area contributed by atoms with Crippen molar-refractivity contribution in [2.75, 3.05) is 32.7 Å². The van der Waals surface area contributed by atoms with E-state index in [1.807, 2.05) is 59.7 Å². The lowest BCUT2D eigenvalue weighted by Crippen LogP contribution is -2.49. The zero-order valence-electron chi connectivity index (χ0n) is 16.5. The second-order valence-corrected chi connectivity index (χ2v) is 7.34. The van der Waals surface area contributed by atoms with Crippen molar-refractivity contribution in [2.45, 2.75) is 13.8 Å². The van der Waals surface area contributed by atoms with Crippen LogP contribution >= 0.6 is 0 Å². The van der Waals surface area contributed by atoms with Gasteiger partial charge < -0.3 is 4.90 Å². The van der Waals surface area contributed by atoms with Crippen molar-refractivity contribution in [3.63, 3.8) is 0 Å². The standard InChI is InChI=1S/C23H26N4O/c1-18-8-6-13-27-21(19(2)24-22(18)27)23(28)26-16-14-25(15-17-26)12-7-11-20-9-4-3-5-10-20/h3-11,13H,12,14-17H2,1-2H3/b11-7+. The number of carbonyl (C=O) groups excluding carboxylic acids is 1. The summed E-state index contributed by atoms with van der Waals surface area (Å²) < 4.78 is 1.93. The van der Waals surface area contributed by atoms with Gasteiger partial charge in [0.05, 0.1) is 5.69 Å². The molecule has 0 N–H and O–H groups in total. The molecule has 0 atom stereocenters. The number of piperazine rings is 1. The van der Waals surface area contributed by atoms with Crippen LogP contribution in [-0.4, -0.2) is 57.8 Å². The zero-order valence-corrected chi connectivity index (χ0v) is 16.5. The van der Waals surface area contributed by atoms with Crippen LogP contribution in [0, 0.1) is 13.8 Å². The minimum atomic E-state index is 0.0788. The SMILES string of the molecule is Cc1nc2c(C)cccn2c1C(=O)N1CCN(C/C=C/c2ccccc2)CC1. The molecule has 1 aliphatic rings. The molecule has 0 bridgehead atoms. The Kier molecular flexibility index (Phi) is 5.26. The molecule has 0 unspecified atom stereocenters. The van der Waals surface area contributed by atoms with Crippen molar-refractivity contribution in [3.8, 4) is 0 Å². The highest BCUT2D eigenvalue weighted by atomic mass is 16.2. The maximum atomic E-state index is 13.1. The molecule has 0 aliphatic carbocycles. The van der Waals surface area contributed by atoms with Gasteiger partial charge in [-0.2, -0.15) is 0 Å². The van der Waals surface area contributed by atoms with Crippen LogP contribution in [0.25, 0.3) is 11.7 Å². The lowest BCUT2D eigenvalue weighted by atomic mass is 10.2. The van der Waals surface area contributed by atoms with Crippen LogP contribution in [0.4, 0.5) is 0 Å². The summed E-state index contributed by atoms with van der Waals surface area (Å²) in [4.78, 5) is 22.1. The summed E-state index contributed by atoms with van der Waals surface area (Å²) in [6, 6.07) is 14.3. The molecule has 1 aliphatic heterocycles. The molecule has 5 heteroatoms. The third-order valence-corrected chi connectivity index (χ3v) is 5.36. The molecule has 1 fully saturated rings. The number of aryl methyl sites for hydroxylation is 2. The highest BCUT2D eigenvalue weighted by Crippen LogP contribution is 2.18. The maximum absolute atomic E-state index is 13.1. The molecule has 0 spiro atoms. The van der Waals surface area contributed by atoms with E-state index in [1.54, 1.807) is 0 Å². The van der Waals surface area contributed by atoms with E-state index in [0.29, 0.717) is 5.69 Å². The van der Waals surface area contributed by atoms with Gasteiger partial charge in [-0.05, 0) is 31.0 Å². The van der Waals surface area contributed by atoms with Crippen LogP contribution < -0.4 is 0 Å². The van der Waals surface area contributed by atoms with Crippen LogP contribution in [0.15, 0.2) is 54.7 Å². The predicted octanol–water partition coefficient (Wildman–Crippen LogP) is 3.42. The van der Waals surface area contributed by atoms with E-state index in [1.165, 1.54) is 5.56 Å². The third-order valence-electron chi connectivity index (χ3n) is 5.36. The molecule has 144 valence electrons. The summed E-state index contributed by atoms with van der Waals surface area (Å²) in [5.74, 6) is 0.0788. The van der Waals surface area contributed by atoms with Crippen molar-refractivity contribution in [3.05, 3.63) is 77.3 Å². The number of benzene rings is 1. The molecule has 1 aromatic carbocycles. The first-order valence-corrected chi connectivity index (χ1v) is 9.81. The third kappa shape index (κ3) is 3.71. The summed E-state index contributed by atoms with van der Waals surface area (Å²) >= 11 is 0. The Labute approximate surface area is 165 Å². The minimum Gasteiger partial charge on any atom is -0.335 e. The molecule has 0 saturated carbocycles. The minimum absolute atomic E-state index is 0.0788. The van der Waals surface area contributed by atoms with Crippen molar-refractivity contribution < 1.29 is 4.79 Å². The quantitative estimate of drug-likeness (QED) is 0.703. The zero-order chi connectivity index (χ0) is 19.5. The Morgan fingerprint density at radius 2 is 1.79 bits per heavy atom. The molecule has 3 aromatic rings. The van der Waals surface area contributed by atoms with Gasteiger partial charge in [-0.25, -0.2) is 4.98 Å². The molecule has 3 heterocycles. The summed E-state index contributed by atoms with van der Waals surface area (Å²) in [6.45, 7) is 8.12. The lowest BCUT2D eigenvalue weighted by Gasteiger charge is -2.34. The van der Waals surface area contributed by atoms with Crippen LogP contribution in [0.5, 0.6) is 0 Å². The number of rotatable bonds is 4. The number of hydrogen-bond donors (Lipinski definition) is 0. The summed E-state index contributed by atoms with van der Waals surface area (Å²) in [7, 11) is 0. The Bertz CT molecular complexity index is 998. The van der Waals surface area contributed by atoms with E-state index in [-0.39, 0.29) is 5.91 Å². The number of aromatic nitrogens is 2. The van der Waals surface area contributed by atoms with Crippen LogP contribution in [-0.2, 0) is 0 Å². The van der Waals surface area contributed by atoms with Crippen molar-refractivity contribution >= 4 is 17.6 Å². The van der Waals surface area contributed by atoms with Gasteiger partial charge in [0.1, 0.15) is 11.3 Å². The van der Waals surface area contributed by atoms with Crippen LogP contribution in [0.1, 0.15) is 27.3 Å². The molecule has 4 rings (SSSR count). The Balaban J connectivity index is 1.39. The smallest absolute Gasteiger partial charge is 0.272 e. The first-order valence-electron chi connectivity index (χ1n) is 9.81. The fourth-order valence-electron chi connectivity index (χ4n) is 3.76. The Morgan fingerprint density at radius 1 is 1.04 bits per heavy atom. The topological polar surface area (TPSA) is 40.9 Å². The second kappa shape index (κ2) is 7.98. The van der Waals surface area contributed by atoms with Gasteiger partial charge in [-0.15, -0.1) is 0 Å². The Morgan fingerprint density at radius 3 is 2.54 bits per heavy atom. The number of amides is 1. The fraction of sp³-hybridized carbons (Fsp3) is 0.304. The first kappa shape index (κ1) is 18.4. The lowest BCUT2D eigenvalue weighted by molar-refractivity contribution is 0.0642. The molecule has 1 amide bonds. The first-order chi connectivity index (χ1) is 13.6. The van der Waals surface area contributed by atoms with Crippen molar-refractivity contribution in [1.82, 2.24) is 19.2 Å². The number of fused-ring (bicyclic) bond motifs is 1. The highest BCUT2D eigenvalue weighted by molar-refractivity contribution is 5.95. The van der Waals surface area contributed by atoms with E-state index in [4.69, 9.17) is 0 Å². The van der Waals surface area contributed by atoms with E-state index < -0.39 is 0 Å². The van der Waals surface area contributed by atoms with Crippen molar-refractivity contribution in [1.29, 1.82) is 0 Å². The monoisotopic (exact) mass is 374 g/mol. The molecule has 0 radical (unpaired) electrons. The number of nitrogens with zero attached hydrogens (tertiary/aromatic N) is 4. The molecule has 28 heavy (non-hydrogen) atoms. The van der Waals surface area contributed by atoms with Gasteiger partial charge in [-0.1, -0.05) is 48.6 Å². The van der Waals surface area contributed by atoms with Gasteiger partial charge >= 0.3 is 0 Å². The summed E-state index contributed by atoms with van der Waals surface area (Å²) in [6.07, 6.45) is 6.28. The summed E-state index contributed by atoms with van der Waals surface area (Å²) in [5, 5.41) is 0. The van der Waals surface area contributed by atoms with Crippen LogP contribution in [0.2, 0.25) is 0 Å². The molecule has 2 aromatic heterocycles. The molecule has 1 saturated heterocycles. The molecular weight excluding hydrogens is 348 g/mol. The fourth-order valence-corrected chi connectivity index (χ4v) is 3.76. The van der Waals surface area contributed by atoms with E-state index in [2.05, 4.69) is 34.2 Å². The molecule has 5 nitrogen and oxygen atoms in total. The Hall–Kier alpha value is -2.92. The van der Waals surface area contributed by atoms with E-state index >= 15 is 0 Å². The number of pyridine rings is 1. The average Bonchev–Trinajstić information content (AvgIpc) is 3.06. The maximum Gasteiger partial charge on any atom is 0.272 e. The number of hydrogen-bond acceptors (Lipinski definition) is 3. The van der Waals surface area contributed by atoms with Gasteiger partial charge in [0.25, 0.3) is 5.91 Å². The second-order valence-electron chi connectivity index (χ2n) is 7.34. The van der Waals surface area contributed by atoms with Gasteiger partial charge in [0, 0.05) is 38.9 Å². The summed E-state index contributed by atoms with van der Waals surface area (Å²) in [5.41, 5.74) is 4.66. The van der Waals surface area contributed by atoms with Crippen molar-refractivity contribution in [2.24, 2.45) is 0 Å². The van der Waals surface area contributed by atoms with E-state index in [9.17, 15) is 4.79 Å². The average molecular weight is 374 g/mol. The largest absolute Gasteiger partial charge is 0.335 e. The van der Waals surface area contributed by atoms with Gasteiger partial charge in [0.15, 0.2) is 0 Å². The van der Waals surface area contributed by atoms with Gasteiger partial charge in [-0.3, -0.25) is 14.1 Å². The highest BCUT2D eigenvalue weighted by Gasteiger charge is 2.26. The number of imidazole rings is 1.